The van der Waals surface area contributed by atoms with Crippen molar-refractivity contribution in [2.45, 2.75) is 59.5 Å². The lowest BCUT2D eigenvalue weighted by Crippen LogP contribution is -2.36. The summed E-state index contributed by atoms with van der Waals surface area (Å²) < 4.78 is 0. The molecule has 16 heavy (non-hydrogen) atoms. The predicted molar refractivity (Wildman–Crippen MR) is 75.2 cm³/mol. The molecule has 0 saturated carbocycles. The highest BCUT2D eigenvalue weighted by Gasteiger charge is 2.21. The summed E-state index contributed by atoms with van der Waals surface area (Å²) in [6.45, 7) is 11.3. The average Bonchev–Trinajstić information content (AvgIpc) is 2.60. The van der Waals surface area contributed by atoms with Gasteiger partial charge in [-0.1, -0.05) is 46.4 Å². The molecular weight excluding hydrogens is 216 g/mol. The van der Waals surface area contributed by atoms with Crippen LogP contribution in [0.5, 0.6) is 0 Å². The first-order valence-corrected chi connectivity index (χ1v) is 7.48. The summed E-state index contributed by atoms with van der Waals surface area (Å²) in [4.78, 5) is 4.77. The third kappa shape index (κ3) is 4.36. The Morgan fingerprint density at radius 3 is 2.56 bits per heavy atom. The number of amidine groups is 1. The van der Waals surface area contributed by atoms with Gasteiger partial charge in [0.25, 0.3) is 0 Å². The van der Waals surface area contributed by atoms with Crippen LogP contribution in [0.2, 0.25) is 0 Å². The van der Waals surface area contributed by atoms with E-state index in [1.807, 2.05) is 11.8 Å². The Kier molecular flexibility index (Phi) is 5.67. The summed E-state index contributed by atoms with van der Waals surface area (Å²) in [7, 11) is 0. The Labute approximate surface area is 105 Å². The monoisotopic (exact) mass is 242 g/mol. The van der Waals surface area contributed by atoms with E-state index in [4.69, 9.17) is 4.99 Å². The first kappa shape index (κ1) is 13.9. The standard InChI is InChI=1S/C13H26N2S/c1-6-12(10(4)5)15-13-14-11(8-16-13)7-9(2)3/h9-12H,6-8H2,1-5H3,(H,14,15). The van der Waals surface area contributed by atoms with Crippen LogP contribution in [-0.4, -0.2) is 23.0 Å². The second kappa shape index (κ2) is 6.53. The molecule has 1 N–H and O–H groups in total. The second-order valence-electron chi connectivity index (χ2n) is 5.43. The number of rotatable bonds is 5. The van der Waals surface area contributed by atoms with E-state index >= 15 is 0 Å². The summed E-state index contributed by atoms with van der Waals surface area (Å²) >= 11 is 1.89. The van der Waals surface area contributed by atoms with Gasteiger partial charge in [-0.3, -0.25) is 4.99 Å². The van der Waals surface area contributed by atoms with Crippen molar-refractivity contribution in [2.75, 3.05) is 5.75 Å². The number of nitrogens with zero attached hydrogens (tertiary/aromatic N) is 1. The van der Waals surface area contributed by atoms with Crippen LogP contribution in [0, 0.1) is 11.8 Å². The molecule has 0 bridgehead atoms. The molecule has 94 valence electrons. The van der Waals surface area contributed by atoms with E-state index in [-0.39, 0.29) is 0 Å². The lowest BCUT2D eigenvalue weighted by Gasteiger charge is -2.21. The maximum atomic E-state index is 4.77. The largest absolute Gasteiger partial charge is 0.362 e. The average molecular weight is 242 g/mol. The molecule has 0 fully saturated rings. The van der Waals surface area contributed by atoms with Crippen LogP contribution in [0.15, 0.2) is 4.99 Å². The Balaban J connectivity index is 2.43. The van der Waals surface area contributed by atoms with Gasteiger partial charge in [0, 0.05) is 11.8 Å². The highest BCUT2D eigenvalue weighted by atomic mass is 32.2. The number of aliphatic imine (C=N–C) groups is 1. The number of nitrogens with one attached hydrogen (secondary N) is 1. The van der Waals surface area contributed by atoms with Gasteiger partial charge in [0.2, 0.25) is 0 Å². The van der Waals surface area contributed by atoms with Crippen molar-refractivity contribution in [3.63, 3.8) is 0 Å². The van der Waals surface area contributed by atoms with E-state index < -0.39 is 0 Å². The van der Waals surface area contributed by atoms with Gasteiger partial charge >= 0.3 is 0 Å². The lowest BCUT2D eigenvalue weighted by atomic mass is 10.0. The zero-order chi connectivity index (χ0) is 12.1. The first-order valence-electron chi connectivity index (χ1n) is 6.50. The smallest absolute Gasteiger partial charge is 0.157 e. The third-order valence-corrected chi connectivity index (χ3v) is 4.06. The van der Waals surface area contributed by atoms with Crippen molar-refractivity contribution in [1.29, 1.82) is 0 Å². The molecular formula is C13H26N2S. The highest BCUT2D eigenvalue weighted by Crippen LogP contribution is 2.22. The fraction of sp³-hybridized carbons (Fsp3) is 0.923. The van der Waals surface area contributed by atoms with Gasteiger partial charge < -0.3 is 5.32 Å². The van der Waals surface area contributed by atoms with E-state index in [0.29, 0.717) is 18.0 Å². The molecule has 0 amide bonds. The van der Waals surface area contributed by atoms with E-state index in [9.17, 15) is 0 Å². The van der Waals surface area contributed by atoms with E-state index in [0.717, 1.165) is 11.7 Å². The molecule has 2 atom stereocenters. The van der Waals surface area contributed by atoms with E-state index in [1.165, 1.54) is 18.0 Å². The summed E-state index contributed by atoms with van der Waals surface area (Å²) in [5.74, 6) is 2.59. The van der Waals surface area contributed by atoms with Gasteiger partial charge in [-0.2, -0.15) is 0 Å². The summed E-state index contributed by atoms with van der Waals surface area (Å²) in [6.07, 6.45) is 2.39. The normalized spacial score (nSPS) is 22.7. The molecule has 0 saturated heterocycles. The van der Waals surface area contributed by atoms with Gasteiger partial charge in [-0.05, 0) is 24.7 Å². The Hall–Kier alpha value is -0.180. The molecule has 2 unspecified atom stereocenters. The highest BCUT2D eigenvalue weighted by molar-refractivity contribution is 8.14. The Bertz CT molecular complexity index is 236. The number of hydrogen-bond donors (Lipinski definition) is 1. The van der Waals surface area contributed by atoms with Gasteiger partial charge in [-0.25, -0.2) is 0 Å². The topological polar surface area (TPSA) is 24.4 Å². The van der Waals surface area contributed by atoms with Crippen molar-refractivity contribution < 1.29 is 0 Å². The lowest BCUT2D eigenvalue weighted by molar-refractivity contribution is 0.443. The second-order valence-corrected chi connectivity index (χ2v) is 6.44. The van der Waals surface area contributed by atoms with Crippen LogP contribution >= 0.6 is 11.8 Å². The third-order valence-electron chi connectivity index (χ3n) is 3.01. The molecule has 0 aliphatic carbocycles. The van der Waals surface area contributed by atoms with Crippen LogP contribution in [0.3, 0.4) is 0 Å². The van der Waals surface area contributed by atoms with Crippen molar-refractivity contribution in [3.05, 3.63) is 0 Å². The summed E-state index contributed by atoms with van der Waals surface area (Å²) in [5, 5.41) is 4.75. The molecule has 1 rings (SSSR count). The van der Waals surface area contributed by atoms with Crippen LogP contribution in [0.4, 0.5) is 0 Å². The predicted octanol–water partition coefficient (Wildman–Crippen LogP) is 3.53. The van der Waals surface area contributed by atoms with Crippen LogP contribution in [-0.2, 0) is 0 Å². The Morgan fingerprint density at radius 2 is 2.06 bits per heavy atom. The van der Waals surface area contributed by atoms with Gasteiger partial charge in [0.1, 0.15) is 0 Å². The SMILES string of the molecule is CCC(NC1=NC(CC(C)C)CS1)C(C)C. The molecule has 1 aliphatic heterocycles. The van der Waals surface area contributed by atoms with Crippen LogP contribution in [0.1, 0.15) is 47.5 Å². The molecule has 1 aliphatic rings. The molecule has 0 spiro atoms. The van der Waals surface area contributed by atoms with Gasteiger partial charge in [0.05, 0.1) is 6.04 Å². The van der Waals surface area contributed by atoms with Crippen molar-refractivity contribution in [3.8, 4) is 0 Å². The maximum Gasteiger partial charge on any atom is 0.157 e. The molecule has 3 heteroatoms. The Morgan fingerprint density at radius 1 is 1.38 bits per heavy atom. The molecule has 0 aromatic rings. The zero-order valence-corrected chi connectivity index (χ0v) is 12.1. The van der Waals surface area contributed by atoms with E-state index in [1.54, 1.807) is 0 Å². The van der Waals surface area contributed by atoms with Gasteiger partial charge in [-0.15, -0.1) is 0 Å². The van der Waals surface area contributed by atoms with Crippen molar-refractivity contribution in [1.82, 2.24) is 5.32 Å². The first-order chi connectivity index (χ1) is 7.52. The summed E-state index contributed by atoms with van der Waals surface area (Å²) in [5.41, 5.74) is 0. The fourth-order valence-corrected chi connectivity index (χ4v) is 3.08. The maximum absolute atomic E-state index is 4.77. The molecule has 0 radical (unpaired) electrons. The fourth-order valence-electron chi connectivity index (χ4n) is 2.06. The number of hydrogen-bond acceptors (Lipinski definition) is 3. The van der Waals surface area contributed by atoms with Crippen LogP contribution < -0.4 is 5.32 Å². The van der Waals surface area contributed by atoms with Gasteiger partial charge in [0.15, 0.2) is 5.17 Å². The minimum absolute atomic E-state index is 0.539. The molecule has 2 nitrogen and oxygen atoms in total. The van der Waals surface area contributed by atoms with Crippen molar-refractivity contribution in [2.24, 2.45) is 16.8 Å². The minimum atomic E-state index is 0.539. The van der Waals surface area contributed by atoms with Crippen LogP contribution in [0.25, 0.3) is 0 Å². The minimum Gasteiger partial charge on any atom is -0.362 e. The van der Waals surface area contributed by atoms with E-state index in [2.05, 4.69) is 39.9 Å². The summed E-state index contributed by atoms with van der Waals surface area (Å²) in [6, 6.07) is 1.11. The quantitative estimate of drug-likeness (QED) is 0.797. The number of thioether (sulfide) groups is 1. The molecule has 1 heterocycles. The molecule has 0 aromatic heterocycles. The zero-order valence-electron chi connectivity index (χ0n) is 11.3. The van der Waals surface area contributed by atoms with Crippen molar-refractivity contribution >= 4 is 16.9 Å². The molecule has 0 aromatic carbocycles.